The molecule has 0 spiro atoms. The minimum atomic E-state index is -0.437. The summed E-state index contributed by atoms with van der Waals surface area (Å²) in [4.78, 5) is 13.6. The Morgan fingerprint density at radius 1 is 0.872 bits per heavy atom. The molecule has 1 saturated heterocycles. The Hall–Kier alpha value is -4.13. The Morgan fingerprint density at radius 3 is 2.15 bits per heavy atom. The SMILES string of the molecule is COc1cc([C@@H]2c3cc4c(cc3/C(=C(\c3ccccc3)C(C)C)[C@H]3COC(=O)[C@@H]23)OCO4)cc(OC)c1OC. The highest BCUT2D eigenvalue weighted by Gasteiger charge is 2.51. The zero-order chi connectivity index (χ0) is 27.3. The molecule has 1 aliphatic carbocycles. The zero-order valence-corrected chi connectivity index (χ0v) is 22.8. The Bertz CT molecular complexity index is 1430. The highest BCUT2D eigenvalue weighted by atomic mass is 16.7. The van der Waals surface area contributed by atoms with E-state index in [2.05, 4.69) is 32.0 Å². The van der Waals surface area contributed by atoms with Crippen molar-refractivity contribution in [3.8, 4) is 28.7 Å². The molecular weight excluding hydrogens is 496 g/mol. The van der Waals surface area contributed by atoms with Gasteiger partial charge in [0, 0.05) is 11.8 Å². The van der Waals surface area contributed by atoms with E-state index in [1.807, 2.05) is 36.4 Å². The molecule has 7 nitrogen and oxygen atoms in total. The molecule has 3 aromatic rings. The van der Waals surface area contributed by atoms with Gasteiger partial charge in [0.05, 0.1) is 33.9 Å². The van der Waals surface area contributed by atoms with Crippen molar-refractivity contribution in [2.45, 2.75) is 19.8 Å². The third-order valence-electron chi connectivity index (χ3n) is 8.01. The maximum atomic E-state index is 13.6. The van der Waals surface area contributed by atoms with E-state index in [0.717, 1.165) is 27.8 Å². The van der Waals surface area contributed by atoms with E-state index in [0.29, 0.717) is 35.4 Å². The average Bonchev–Trinajstić information content (AvgIpc) is 3.57. The quantitative estimate of drug-likeness (QED) is 0.367. The molecule has 0 N–H and O–H groups in total. The van der Waals surface area contributed by atoms with Crippen molar-refractivity contribution in [2.24, 2.45) is 17.8 Å². The van der Waals surface area contributed by atoms with Crippen LogP contribution in [0.3, 0.4) is 0 Å². The first-order chi connectivity index (χ1) is 19.0. The molecule has 0 aromatic heterocycles. The summed E-state index contributed by atoms with van der Waals surface area (Å²) in [5, 5.41) is 0. The number of allylic oxidation sites excluding steroid dienone is 1. The maximum Gasteiger partial charge on any atom is 0.310 e. The van der Waals surface area contributed by atoms with E-state index in [-0.39, 0.29) is 30.5 Å². The number of methoxy groups -OCH3 is 3. The number of hydrogen-bond donors (Lipinski definition) is 0. The van der Waals surface area contributed by atoms with Crippen molar-refractivity contribution in [3.63, 3.8) is 0 Å². The number of rotatable bonds is 6. The minimum Gasteiger partial charge on any atom is -0.493 e. The molecule has 6 rings (SSSR count). The van der Waals surface area contributed by atoms with Gasteiger partial charge in [0.1, 0.15) is 0 Å². The second-order valence-electron chi connectivity index (χ2n) is 10.3. The van der Waals surface area contributed by atoms with Gasteiger partial charge < -0.3 is 28.4 Å². The van der Waals surface area contributed by atoms with Crippen molar-refractivity contribution in [1.29, 1.82) is 0 Å². The van der Waals surface area contributed by atoms with Crippen molar-refractivity contribution >= 4 is 17.1 Å². The molecule has 0 bridgehead atoms. The number of hydrogen-bond acceptors (Lipinski definition) is 7. The average molecular weight is 529 g/mol. The van der Waals surface area contributed by atoms with Gasteiger partial charge in [-0.2, -0.15) is 0 Å². The van der Waals surface area contributed by atoms with Crippen molar-refractivity contribution in [2.75, 3.05) is 34.7 Å². The Labute approximate surface area is 228 Å². The summed E-state index contributed by atoms with van der Waals surface area (Å²) < 4.78 is 34.4. The topological polar surface area (TPSA) is 72.5 Å². The van der Waals surface area contributed by atoms with Crippen LogP contribution in [0.1, 0.15) is 42.0 Å². The summed E-state index contributed by atoms with van der Waals surface area (Å²) in [7, 11) is 4.77. The molecule has 0 saturated carbocycles. The summed E-state index contributed by atoms with van der Waals surface area (Å²) in [6.07, 6.45) is 0. The highest BCUT2D eigenvalue weighted by Crippen LogP contribution is 2.58. The van der Waals surface area contributed by atoms with Crippen molar-refractivity contribution in [3.05, 3.63) is 76.9 Å². The molecule has 7 heteroatoms. The number of fused-ring (bicyclic) bond motifs is 3. The Kier molecular flexibility index (Phi) is 6.37. The largest absolute Gasteiger partial charge is 0.493 e. The number of esters is 1. The van der Waals surface area contributed by atoms with Crippen LogP contribution in [0.5, 0.6) is 28.7 Å². The molecule has 39 heavy (non-hydrogen) atoms. The number of carbonyl (C=O) groups is 1. The van der Waals surface area contributed by atoms with Crippen LogP contribution in [0.2, 0.25) is 0 Å². The molecular formula is C32H32O7. The van der Waals surface area contributed by atoms with Gasteiger partial charge in [-0.15, -0.1) is 0 Å². The third-order valence-corrected chi connectivity index (χ3v) is 8.01. The van der Waals surface area contributed by atoms with E-state index in [4.69, 9.17) is 28.4 Å². The van der Waals surface area contributed by atoms with Crippen LogP contribution < -0.4 is 23.7 Å². The molecule has 0 radical (unpaired) electrons. The minimum absolute atomic E-state index is 0.146. The molecule has 3 aromatic carbocycles. The van der Waals surface area contributed by atoms with Gasteiger partial charge in [-0.3, -0.25) is 4.79 Å². The lowest BCUT2D eigenvalue weighted by Gasteiger charge is -2.38. The smallest absolute Gasteiger partial charge is 0.310 e. The first kappa shape index (κ1) is 25.2. The molecule has 3 atom stereocenters. The maximum absolute atomic E-state index is 13.6. The number of benzene rings is 3. The standard InChI is InChI=1S/C32H32O7/c1-17(2)27(18-9-7-6-8-10-18)29-21-14-24-23(38-16-39-24)13-20(21)28(30-22(29)15-37-32(30)33)19-11-25(34-3)31(36-5)26(12-19)35-4/h6-14,17,22,28,30H,15-16H2,1-5H3/b29-27+/t22-,28-,30-/m1/s1. The summed E-state index contributed by atoms with van der Waals surface area (Å²) in [6.45, 7) is 4.87. The van der Waals surface area contributed by atoms with Crippen molar-refractivity contribution < 1.29 is 33.2 Å². The van der Waals surface area contributed by atoms with E-state index < -0.39 is 5.92 Å². The third kappa shape index (κ3) is 3.99. The molecule has 2 heterocycles. The van der Waals surface area contributed by atoms with E-state index in [1.54, 1.807) is 21.3 Å². The molecule has 2 aliphatic heterocycles. The Morgan fingerprint density at radius 2 is 1.54 bits per heavy atom. The van der Waals surface area contributed by atoms with E-state index >= 15 is 0 Å². The summed E-state index contributed by atoms with van der Waals surface area (Å²) in [5.74, 6) is 2.02. The second-order valence-corrected chi connectivity index (χ2v) is 10.3. The van der Waals surface area contributed by atoms with Crippen LogP contribution >= 0.6 is 0 Å². The fourth-order valence-electron chi connectivity index (χ4n) is 6.44. The fraction of sp³-hybridized carbons (Fsp3) is 0.344. The van der Waals surface area contributed by atoms with Gasteiger partial charge in [0.2, 0.25) is 12.5 Å². The van der Waals surface area contributed by atoms with E-state index in [1.165, 1.54) is 5.57 Å². The molecule has 1 fully saturated rings. The molecule has 202 valence electrons. The van der Waals surface area contributed by atoms with Gasteiger partial charge >= 0.3 is 5.97 Å². The molecule has 0 unspecified atom stereocenters. The predicted molar refractivity (Wildman–Crippen MR) is 147 cm³/mol. The normalized spacial score (nSPS) is 22.2. The number of cyclic esters (lactones) is 1. The predicted octanol–water partition coefficient (Wildman–Crippen LogP) is 5.94. The summed E-state index contributed by atoms with van der Waals surface area (Å²) >= 11 is 0. The first-order valence-electron chi connectivity index (χ1n) is 13.2. The Balaban J connectivity index is 1.68. The molecule has 0 amide bonds. The fourth-order valence-corrected chi connectivity index (χ4v) is 6.44. The number of ether oxygens (including phenoxy) is 6. The van der Waals surface area contributed by atoms with E-state index in [9.17, 15) is 4.79 Å². The van der Waals surface area contributed by atoms with Gasteiger partial charge in [-0.25, -0.2) is 0 Å². The van der Waals surface area contributed by atoms with Crippen LogP contribution in [0, 0.1) is 17.8 Å². The van der Waals surface area contributed by atoms with Crippen LogP contribution in [-0.4, -0.2) is 40.7 Å². The van der Waals surface area contributed by atoms with Crippen LogP contribution in [0.25, 0.3) is 11.1 Å². The van der Waals surface area contributed by atoms with Crippen LogP contribution in [0.15, 0.2) is 54.6 Å². The van der Waals surface area contributed by atoms with Gasteiger partial charge in [-0.1, -0.05) is 44.2 Å². The van der Waals surface area contributed by atoms with Crippen molar-refractivity contribution in [1.82, 2.24) is 0 Å². The van der Waals surface area contributed by atoms with Gasteiger partial charge in [0.15, 0.2) is 23.0 Å². The van der Waals surface area contributed by atoms with Gasteiger partial charge in [-0.05, 0) is 63.6 Å². The summed E-state index contributed by atoms with van der Waals surface area (Å²) in [5.41, 5.74) is 6.37. The molecule has 3 aliphatic rings. The number of carbonyl (C=O) groups excluding carboxylic acids is 1. The second kappa shape index (κ2) is 9.88. The lowest BCUT2D eigenvalue weighted by Crippen LogP contribution is -2.32. The monoisotopic (exact) mass is 528 g/mol. The highest BCUT2D eigenvalue weighted by molar-refractivity contribution is 5.98. The van der Waals surface area contributed by atoms with Gasteiger partial charge in [0.25, 0.3) is 0 Å². The first-order valence-corrected chi connectivity index (χ1v) is 13.2. The lowest BCUT2D eigenvalue weighted by atomic mass is 9.63. The lowest BCUT2D eigenvalue weighted by molar-refractivity contribution is -0.141. The zero-order valence-electron chi connectivity index (χ0n) is 22.8. The summed E-state index contributed by atoms with van der Waals surface area (Å²) in [6, 6.07) is 18.3. The van der Waals surface area contributed by atoms with Crippen LogP contribution in [0.4, 0.5) is 0 Å². The van der Waals surface area contributed by atoms with Crippen LogP contribution in [-0.2, 0) is 9.53 Å².